The van der Waals surface area contributed by atoms with E-state index in [1.54, 1.807) is 44.2 Å². The summed E-state index contributed by atoms with van der Waals surface area (Å²) in [4.78, 5) is 30.3. The fourth-order valence-electron chi connectivity index (χ4n) is 3.69. The van der Waals surface area contributed by atoms with Gasteiger partial charge in [0.1, 0.15) is 11.0 Å². The first kappa shape index (κ1) is 24.9. The number of carboxylic acid groups (broad SMARTS) is 1. The largest absolute Gasteiger partial charge is 0.488 e. The predicted octanol–water partition coefficient (Wildman–Crippen LogP) is 4.99. The van der Waals surface area contributed by atoms with E-state index in [2.05, 4.69) is 13.7 Å². The van der Waals surface area contributed by atoms with Crippen LogP contribution in [0.4, 0.5) is 4.39 Å². The van der Waals surface area contributed by atoms with Crippen molar-refractivity contribution in [2.75, 3.05) is 7.11 Å². The van der Waals surface area contributed by atoms with Crippen LogP contribution in [0.15, 0.2) is 60.3 Å². The highest BCUT2D eigenvalue weighted by atomic mass is 32.1. The van der Waals surface area contributed by atoms with Gasteiger partial charge in [-0.15, -0.1) is 0 Å². The summed E-state index contributed by atoms with van der Waals surface area (Å²) in [5.41, 5.74) is 1.75. The third-order valence-corrected chi connectivity index (χ3v) is 5.83. The number of halogens is 1. The molecule has 0 amide bonds. The number of hydrogen-bond donors (Lipinski definition) is 1. The van der Waals surface area contributed by atoms with Crippen molar-refractivity contribution in [3.8, 4) is 11.6 Å². The number of pyridine rings is 1. The standard InChI is InChI=1S/C26H22FN3O5S/c1-14(2)35-22-7-5-17(12-19(22)27)25(31)18(10-15-8-9-28-23(11-15)34-3)24(26(32)33)16-4-6-20-21(13-16)30-36-29-20/h4-9,11-14H,10H2,1-3H3,(H,32,33). The van der Waals surface area contributed by atoms with Crippen LogP contribution in [-0.2, 0) is 11.2 Å². The third-order valence-electron chi connectivity index (χ3n) is 5.28. The molecule has 4 rings (SSSR count). The summed E-state index contributed by atoms with van der Waals surface area (Å²) in [5.74, 6) is -2.33. The number of aliphatic carboxylic acids is 1. The van der Waals surface area contributed by atoms with E-state index in [-0.39, 0.29) is 40.5 Å². The van der Waals surface area contributed by atoms with Gasteiger partial charge in [0.25, 0.3) is 0 Å². The summed E-state index contributed by atoms with van der Waals surface area (Å²) >= 11 is 1.00. The van der Waals surface area contributed by atoms with Crippen molar-refractivity contribution in [1.29, 1.82) is 0 Å². The van der Waals surface area contributed by atoms with E-state index in [1.807, 2.05) is 0 Å². The van der Waals surface area contributed by atoms with Crippen LogP contribution in [-0.4, -0.2) is 43.8 Å². The number of ether oxygens (including phenoxy) is 2. The Balaban J connectivity index is 1.87. The molecule has 0 fully saturated rings. The van der Waals surface area contributed by atoms with Crippen LogP contribution >= 0.6 is 11.7 Å². The Morgan fingerprint density at radius 1 is 1.03 bits per heavy atom. The van der Waals surface area contributed by atoms with Gasteiger partial charge in [-0.2, -0.15) is 8.75 Å². The Labute approximate surface area is 210 Å². The number of allylic oxidation sites excluding steroid dienone is 1. The van der Waals surface area contributed by atoms with Crippen molar-refractivity contribution in [1.82, 2.24) is 13.7 Å². The molecule has 0 spiro atoms. The van der Waals surface area contributed by atoms with Gasteiger partial charge in [0.2, 0.25) is 5.88 Å². The normalized spacial score (nSPS) is 11.9. The maximum Gasteiger partial charge on any atom is 0.336 e. The third kappa shape index (κ3) is 5.38. The minimum absolute atomic E-state index is 0.00483. The zero-order valence-corrected chi connectivity index (χ0v) is 20.5. The molecule has 0 saturated heterocycles. The van der Waals surface area contributed by atoms with Crippen LogP contribution < -0.4 is 9.47 Å². The molecule has 10 heteroatoms. The van der Waals surface area contributed by atoms with E-state index in [0.717, 1.165) is 17.8 Å². The van der Waals surface area contributed by atoms with Gasteiger partial charge in [-0.25, -0.2) is 14.2 Å². The Kier molecular flexibility index (Phi) is 7.35. The van der Waals surface area contributed by atoms with Crippen LogP contribution in [0.25, 0.3) is 16.6 Å². The molecule has 2 aromatic heterocycles. The minimum Gasteiger partial charge on any atom is -0.488 e. The number of ketones is 1. The monoisotopic (exact) mass is 507 g/mol. The summed E-state index contributed by atoms with van der Waals surface area (Å²) in [6.45, 7) is 3.52. The predicted molar refractivity (Wildman–Crippen MR) is 133 cm³/mol. The summed E-state index contributed by atoms with van der Waals surface area (Å²) in [6, 6.07) is 11.9. The van der Waals surface area contributed by atoms with Gasteiger partial charge in [-0.1, -0.05) is 6.07 Å². The number of fused-ring (bicyclic) bond motifs is 1. The van der Waals surface area contributed by atoms with Gasteiger partial charge in [-0.3, -0.25) is 4.79 Å². The van der Waals surface area contributed by atoms with E-state index < -0.39 is 17.6 Å². The van der Waals surface area contributed by atoms with Crippen molar-refractivity contribution in [3.63, 3.8) is 0 Å². The molecule has 0 aliphatic carbocycles. The molecule has 36 heavy (non-hydrogen) atoms. The molecule has 0 bridgehead atoms. The topological polar surface area (TPSA) is 112 Å². The molecule has 0 unspecified atom stereocenters. The number of rotatable bonds is 9. The number of nitrogens with zero attached hydrogens (tertiary/aromatic N) is 3. The van der Waals surface area contributed by atoms with E-state index in [4.69, 9.17) is 9.47 Å². The lowest BCUT2D eigenvalue weighted by Gasteiger charge is -2.15. The van der Waals surface area contributed by atoms with Crippen LogP contribution in [0, 0.1) is 5.82 Å². The Bertz CT molecular complexity index is 1480. The number of carboxylic acids is 1. The fraction of sp³-hybridized carbons (Fsp3) is 0.192. The Morgan fingerprint density at radius 2 is 1.78 bits per heavy atom. The quantitative estimate of drug-likeness (QED) is 0.249. The van der Waals surface area contributed by atoms with E-state index >= 15 is 0 Å². The molecule has 2 aromatic carbocycles. The average Bonchev–Trinajstić information content (AvgIpc) is 3.32. The molecule has 1 N–H and O–H groups in total. The van der Waals surface area contributed by atoms with E-state index in [9.17, 15) is 19.1 Å². The van der Waals surface area contributed by atoms with E-state index in [1.165, 1.54) is 25.4 Å². The summed E-state index contributed by atoms with van der Waals surface area (Å²) in [5, 5.41) is 10.2. The van der Waals surface area contributed by atoms with Gasteiger partial charge < -0.3 is 14.6 Å². The summed E-state index contributed by atoms with van der Waals surface area (Å²) in [7, 11) is 1.46. The second-order valence-electron chi connectivity index (χ2n) is 8.15. The van der Waals surface area contributed by atoms with Gasteiger partial charge in [-0.05, 0) is 61.4 Å². The zero-order chi connectivity index (χ0) is 25.8. The summed E-state index contributed by atoms with van der Waals surface area (Å²) in [6.07, 6.45) is 1.19. The molecule has 184 valence electrons. The Hall–Kier alpha value is -4.18. The zero-order valence-electron chi connectivity index (χ0n) is 19.7. The first-order chi connectivity index (χ1) is 17.3. The van der Waals surface area contributed by atoms with Crippen molar-refractivity contribution in [3.05, 3.63) is 82.8 Å². The maximum atomic E-state index is 14.7. The lowest BCUT2D eigenvalue weighted by atomic mass is 9.89. The van der Waals surface area contributed by atoms with Crippen LogP contribution in [0.2, 0.25) is 0 Å². The minimum atomic E-state index is -1.30. The fourth-order valence-corrected chi connectivity index (χ4v) is 4.21. The molecule has 4 aromatic rings. The van der Waals surface area contributed by atoms with Crippen molar-refractivity contribution in [2.24, 2.45) is 0 Å². The second-order valence-corrected chi connectivity index (χ2v) is 8.68. The van der Waals surface area contributed by atoms with Crippen molar-refractivity contribution in [2.45, 2.75) is 26.4 Å². The highest BCUT2D eigenvalue weighted by Gasteiger charge is 2.25. The molecule has 8 nitrogen and oxygen atoms in total. The lowest BCUT2D eigenvalue weighted by molar-refractivity contribution is -0.130. The average molecular weight is 508 g/mol. The Morgan fingerprint density at radius 3 is 2.47 bits per heavy atom. The first-order valence-corrected chi connectivity index (χ1v) is 11.7. The maximum absolute atomic E-state index is 14.7. The number of carbonyl (C=O) groups is 2. The van der Waals surface area contributed by atoms with Crippen molar-refractivity contribution < 1.29 is 28.6 Å². The van der Waals surface area contributed by atoms with Gasteiger partial charge in [0.05, 0.1) is 30.5 Å². The summed E-state index contributed by atoms with van der Waals surface area (Å²) < 4.78 is 33.6. The number of hydrogen-bond acceptors (Lipinski definition) is 8. The van der Waals surface area contributed by atoms with Gasteiger partial charge in [0.15, 0.2) is 17.3 Å². The molecule has 0 atom stereocenters. The van der Waals surface area contributed by atoms with Crippen molar-refractivity contribution >= 4 is 40.1 Å². The smallest absolute Gasteiger partial charge is 0.336 e. The SMILES string of the molecule is COc1cc(CC(C(=O)c2ccc(OC(C)C)c(F)c2)=C(C(=O)O)c2ccc3nsnc3c2)ccn1. The number of methoxy groups -OCH3 is 1. The van der Waals surface area contributed by atoms with Crippen LogP contribution in [0.3, 0.4) is 0 Å². The molecule has 0 radical (unpaired) electrons. The first-order valence-electron chi connectivity index (χ1n) is 11.0. The lowest BCUT2D eigenvalue weighted by Crippen LogP contribution is -2.15. The van der Waals surface area contributed by atoms with Crippen LogP contribution in [0.1, 0.15) is 35.3 Å². The highest BCUT2D eigenvalue weighted by Crippen LogP contribution is 2.29. The molecule has 0 aliphatic rings. The highest BCUT2D eigenvalue weighted by molar-refractivity contribution is 7.00. The molecular formula is C26H22FN3O5S. The van der Waals surface area contributed by atoms with Crippen LogP contribution in [0.5, 0.6) is 11.6 Å². The van der Waals surface area contributed by atoms with E-state index in [0.29, 0.717) is 22.5 Å². The van der Waals surface area contributed by atoms with Gasteiger partial charge in [0, 0.05) is 29.8 Å². The number of Topliss-reactive ketones (excluding diaryl/α,β-unsaturated/α-hetero) is 1. The van der Waals surface area contributed by atoms with Gasteiger partial charge >= 0.3 is 5.97 Å². The molecule has 0 saturated carbocycles. The number of benzene rings is 2. The second kappa shape index (κ2) is 10.6. The molecule has 0 aliphatic heterocycles. The molecule has 2 heterocycles. The number of carbonyl (C=O) groups excluding carboxylic acids is 1. The number of aromatic nitrogens is 3. The molecular weight excluding hydrogens is 485 g/mol.